The van der Waals surface area contributed by atoms with Crippen LogP contribution in [-0.4, -0.2) is 47.3 Å². The fourth-order valence-corrected chi connectivity index (χ4v) is 2.99. The molecule has 2 rings (SSSR count). The van der Waals surface area contributed by atoms with Crippen LogP contribution in [0.5, 0.6) is 0 Å². The summed E-state index contributed by atoms with van der Waals surface area (Å²) in [5.74, 6) is 0. The second-order valence-corrected chi connectivity index (χ2v) is 8.45. The van der Waals surface area contributed by atoms with E-state index in [1.54, 1.807) is 46.8 Å². The van der Waals surface area contributed by atoms with Crippen molar-refractivity contribution >= 4 is 24.0 Å². The highest BCUT2D eigenvalue weighted by molar-refractivity contribution is 6.09. The van der Waals surface area contributed by atoms with E-state index in [9.17, 15) is 14.4 Å². The molecule has 0 saturated heterocycles. The number of hydrogen-bond donors (Lipinski definition) is 1. The molecular formula is C26H33N3O6. The maximum atomic E-state index is 12.9. The van der Waals surface area contributed by atoms with E-state index in [2.05, 4.69) is 10.4 Å². The second kappa shape index (κ2) is 13.1. The third-order valence-corrected chi connectivity index (χ3v) is 4.63. The maximum Gasteiger partial charge on any atom is 0.434 e. The minimum absolute atomic E-state index is 0.0385. The van der Waals surface area contributed by atoms with Crippen LogP contribution in [0.25, 0.3) is 0 Å². The number of ether oxygens (including phenoxy) is 3. The van der Waals surface area contributed by atoms with Crippen LogP contribution in [0.1, 0.15) is 51.3 Å². The Hall–Kier alpha value is -3.88. The summed E-state index contributed by atoms with van der Waals surface area (Å²) in [6.07, 6.45) is -3.37. The number of aryl methyl sites for hydroxylation is 1. The Bertz CT molecular complexity index is 1020. The topological polar surface area (TPSA) is 107 Å². The highest BCUT2D eigenvalue weighted by atomic mass is 16.6. The van der Waals surface area contributed by atoms with Gasteiger partial charge in [-0.05, 0) is 52.7 Å². The van der Waals surface area contributed by atoms with E-state index in [0.717, 1.165) is 16.1 Å². The molecule has 35 heavy (non-hydrogen) atoms. The molecular weight excluding hydrogens is 450 g/mol. The summed E-state index contributed by atoms with van der Waals surface area (Å²) in [7, 11) is 0. The van der Waals surface area contributed by atoms with Gasteiger partial charge in [-0.3, -0.25) is 0 Å². The van der Waals surface area contributed by atoms with E-state index in [4.69, 9.17) is 14.2 Å². The van der Waals surface area contributed by atoms with Gasteiger partial charge in [-0.1, -0.05) is 60.2 Å². The summed E-state index contributed by atoms with van der Waals surface area (Å²) < 4.78 is 15.7. The van der Waals surface area contributed by atoms with Crippen LogP contribution in [0.15, 0.2) is 59.6 Å². The summed E-state index contributed by atoms with van der Waals surface area (Å²) in [6, 6.07) is 15.5. The molecule has 0 heterocycles. The van der Waals surface area contributed by atoms with Crippen molar-refractivity contribution < 1.29 is 28.6 Å². The van der Waals surface area contributed by atoms with Crippen LogP contribution in [0.3, 0.4) is 0 Å². The molecule has 1 atom stereocenters. The normalized spacial score (nSPS) is 12.2. The number of carbonyl (C=O) groups excluding carboxylic acids is 3. The van der Waals surface area contributed by atoms with Crippen molar-refractivity contribution in [1.82, 2.24) is 10.4 Å². The number of carbonyl (C=O) groups is 3. The van der Waals surface area contributed by atoms with Gasteiger partial charge in [0.1, 0.15) is 6.61 Å². The van der Waals surface area contributed by atoms with Gasteiger partial charge in [-0.25, -0.2) is 24.8 Å². The summed E-state index contributed by atoms with van der Waals surface area (Å²) in [4.78, 5) is 42.0. The Balaban J connectivity index is 2.38. The first kappa shape index (κ1) is 27.4. The smallest absolute Gasteiger partial charge is 0.434 e. The predicted octanol–water partition coefficient (Wildman–Crippen LogP) is 5.41. The zero-order valence-corrected chi connectivity index (χ0v) is 21.0. The first-order valence-electron chi connectivity index (χ1n) is 11.4. The third-order valence-electron chi connectivity index (χ3n) is 4.63. The molecule has 0 bridgehead atoms. The number of hydrogen-bond acceptors (Lipinski definition) is 6. The Labute approximate surface area is 206 Å². The molecule has 0 aliphatic carbocycles. The Kier molecular flexibility index (Phi) is 10.3. The van der Waals surface area contributed by atoms with Gasteiger partial charge in [0.25, 0.3) is 0 Å². The third kappa shape index (κ3) is 9.11. The molecule has 0 aliphatic rings. The van der Waals surface area contributed by atoms with Gasteiger partial charge < -0.3 is 14.2 Å². The van der Waals surface area contributed by atoms with E-state index < -0.39 is 36.5 Å². The molecule has 2 aromatic carbocycles. The van der Waals surface area contributed by atoms with E-state index in [1.807, 2.05) is 49.4 Å². The summed E-state index contributed by atoms with van der Waals surface area (Å²) in [5.41, 5.74) is 4.99. The largest absolute Gasteiger partial charge is 0.446 e. The van der Waals surface area contributed by atoms with Crippen molar-refractivity contribution in [3.05, 3.63) is 71.3 Å². The monoisotopic (exact) mass is 483 g/mol. The minimum Gasteiger partial charge on any atom is -0.446 e. The molecule has 188 valence electrons. The van der Waals surface area contributed by atoms with Crippen LogP contribution in [0.4, 0.5) is 14.4 Å². The molecule has 0 fully saturated rings. The second-order valence-electron chi connectivity index (χ2n) is 8.45. The van der Waals surface area contributed by atoms with E-state index in [0.29, 0.717) is 5.56 Å². The Morgan fingerprint density at radius 3 is 2.06 bits per heavy atom. The summed E-state index contributed by atoms with van der Waals surface area (Å²) in [6.45, 7) is 10.3. The lowest BCUT2D eigenvalue weighted by Gasteiger charge is -2.30. The van der Waals surface area contributed by atoms with Gasteiger partial charge in [-0.2, -0.15) is 4.99 Å². The van der Waals surface area contributed by atoms with E-state index in [-0.39, 0.29) is 12.3 Å². The van der Waals surface area contributed by atoms with Gasteiger partial charge in [-0.15, -0.1) is 0 Å². The molecule has 2 aromatic rings. The van der Waals surface area contributed by atoms with Crippen molar-refractivity contribution in [2.45, 2.75) is 66.4 Å². The van der Waals surface area contributed by atoms with Crippen molar-refractivity contribution in [3.63, 3.8) is 0 Å². The van der Waals surface area contributed by atoms with Crippen molar-refractivity contribution in [3.8, 4) is 0 Å². The van der Waals surface area contributed by atoms with E-state index in [1.165, 1.54) is 0 Å². The molecule has 9 heteroatoms. The fraction of sp³-hybridized carbons (Fsp3) is 0.385. The SMILES string of the molecule is Cc1ccc(/C(=N\C(=O)OCc2ccccc2)[C@@H](C)N(NC(=O)OC(C)C)C(=O)OC(C)C)cc1. The number of nitrogens with zero attached hydrogens (tertiary/aromatic N) is 2. The number of benzene rings is 2. The van der Waals surface area contributed by atoms with Gasteiger partial charge in [0.05, 0.1) is 24.0 Å². The first-order valence-corrected chi connectivity index (χ1v) is 11.4. The average Bonchev–Trinajstić information content (AvgIpc) is 2.79. The van der Waals surface area contributed by atoms with Gasteiger partial charge >= 0.3 is 18.3 Å². The molecule has 0 saturated carbocycles. The Morgan fingerprint density at radius 2 is 1.49 bits per heavy atom. The number of hydrazine groups is 1. The molecule has 0 spiro atoms. The van der Waals surface area contributed by atoms with Crippen LogP contribution in [-0.2, 0) is 20.8 Å². The van der Waals surface area contributed by atoms with Crippen molar-refractivity contribution in [1.29, 1.82) is 0 Å². The summed E-state index contributed by atoms with van der Waals surface area (Å²) >= 11 is 0. The highest BCUT2D eigenvalue weighted by Crippen LogP contribution is 2.14. The zero-order valence-electron chi connectivity index (χ0n) is 21.0. The maximum absolute atomic E-state index is 12.9. The fourth-order valence-electron chi connectivity index (χ4n) is 2.99. The standard InChI is InChI=1S/C26H33N3O6/c1-17(2)34-25(31)28-29(26(32)35-18(3)4)20(6)23(22-14-12-19(5)13-15-22)27-24(30)33-16-21-10-8-7-9-11-21/h7-15,17-18,20H,16H2,1-6H3,(H,28,31)/b27-23-/t20-/m1/s1. The lowest BCUT2D eigenvalue weighted by molar-refractivity contribution is 0.0426. The number of aliphatic imine (C=N–C) groups is 1. The quantitative estimate of drug-likeness (QED) is 0.321. The molecule has 3 amide bonds. The molecule has 0 aromatic heterocycles. The average molecular weight is 484 g/mol. The number of rotatable bonds is 7. The van der Waals surface area contributed by atoms with Gasteiger partial charge in [0.2, 0.25) is 0 Å². The Morgan fingerprint density at radius 1 is 0.886 bits per heavy atom. The van der Waals surface area contributed by atoms with Crippen molar-refractivity contribution in [2.24, 2.45) is 4.99 Å². The van der Waals surface area contributed by atoms with Crippen LogP contribution in [0, 0.1) is 6.92 Å². The molecule has 0 unspecified atom stereocenters. The van der Waals surface area contributed by atoms with Gasteiger partial charge in [0.15, 0.2) is 0 Å². The summed E-state index contributed by atoms with van der Waals surface area (Å²) in [5, 5.41) is 0.952. The minimum atomic E-state index is -0.909. The molecule has 9 nitrogen and oxygen atoms in total. The predicted molar refractivity (Wildman–Crippen MR) is 132 cm³/mol. The van der Waals surface area contributed by atoms with Crippen molar-refractivity contribution in [2.75, 3.05) is 0 Å². The number of amides is 3. The van der Waals surface area contributed by atoms with Gasteiger partial charge in [0, 0.05) is 0 Å². The van der Waals surface area contributed by atoms with Crippen LogP contribution < -0.4 is 5.43 Å². The van der Waals surface area contributed by atoms with E-state index >= 15 is 0 Å². The number of nitrogens with one attached hydrogen (secondary N) is 1. The lowest BCUT2D eigenvalue weighted by Crippen LogP contribution is -2.55. The molecule has 1 N–H and O–H groups in total. The first-order chi connectivity index (χ1) is 16.6. The highest BCUT2D eigenvalue weighted by Gasteiger charge is 2.30. The van der Waals surface area contributed by atoms with Crippen LogP contribution in [0.2, 0.25) is 0 Å². The molecule has 0 radical (unpaired) electrons. The zero-order chi connectivity index (χ0) is 26.0. The lowest BCUT2D eigenvalue weighted by atomic mass is 10.0. The molecule has 0 aliphatic heterocycles. The van der Waals surface area contributed by atoms with Crippen LogP contribution >= 0.6 is 0 Å².